The van der Waals surface area contributed by atoms with Gasteiger partial charge in [0.15, 0.2) is 0 Å². The molecule has 0 fully saturated rings. The lowest BCUT2D eigenvalue weighted by Crippen LogP contribution is -2.37. The number of rotatable bonds is 5. The summed E-state index contributed by atoms with van der Waals surface area (Å²) in [6, 6.07) is 5.26. The number of likely N-dealkylation sites (N-methyl/N-ethyl adjacent to an activating group) is 2. The van der Waals surface area contributed by atoms with E-state index in [0.29, 0.717) is 23.8 Å². The van der Waals surface area contributed by atoms with Crippen molar-refractivity contribution >= 4 is 28.9 Å². The van der Waals surface area contributed by atoms with Gasteiger partial charge in [-0.1, -0.05) is 11.6 Å². The first-order valence-corrected chi connectivity index (χ1v) is 6.03. The lowest BCUT2D eigenvalue weighted by Gasteiger charge is -2.24. The Bertz CT molecular complexity index is 395. The van der Waals surface area contributed by atoms with Crippen LogP contribution in [0.15, 0.2) is 18.2 Å². The van der Waals surface area contributed by atoms with Gasteiger partial charge in [-0.3, -0.25) is 4.79 Å². The Morgan fingerprint density at radius 1 is 1.47 bits per heavy atom. The van der Waals surface area contributed by atoms with Crippen LogP contribution in [0, 0.1) is 0 Å². The largest absolute Gasteiger partial charge is 0.397 e. The standard InChI is InChI=1S/C12H18ClN3O/c1-3-15-12(17)8-16(4-2)11-7-9(13)5-6-10(11)14/h5-7H,3-4,8,14H2,1-2H3,(H,15,17). The van der Waals surface area contributed by atoms with Gasteiger partial charge in [-0.2, -0.15) is 0 Å². The molecule has 0 atom stereocenters. The lowest BCUT2D eigenvalue weighted by atomic mass is 10.2. The van der Waals surface area contributed by atoms with Gasteiger partial charge in [-0.15, -0.1) is 0 Å². The molecule has 0 aromatic heterocycles. The van der Waals surface area contributed by atoms with Crippen molar-refractivity contribution in [2.45, 2.75) is 13.8 Å². The number of hydrogen-bond donors (Lipinski definition) is 2. The zero-order chi connectivity index (χ0) is 12.8. The summed E-state index contributed by atoms with van der Waals surface area (Å²) in [5.74, 6) is -0.0197. The van der Waals surface area contributed by atoms with E-state index in [1.807, 2.05) is 18.7 Å². The van der Waals surface area contributed by atoms with E-state index in [4.69, 9.17) is 17.3 Å². The third kappa shape index (κ3) is 3.82. The summed E-state index contributed by atoms with van der Waals surface area (Å²) in [5.41, 5.74) is 7.31. The Morgan fingerprint density at radius 3 is 2.76 bits per heavy atom. The average molecular weight is 256 g/mol. The molecule has 94 valence electrons. The van der Waals surface area contributed by atoms with Crippen molar-refractivity contribution < 1.29 is 4.79 Å². The Labute approximate surface area is 107 Å². The second-order valence-corrected chi connectivity index (χ2v) is 4.11. The van der Waals surface area contributed by atoms with Gasteiger partial charge >= 0.3 is 0 Å². The van der Waals surface area contributed by atoms with E-state index in [9.17, 15) is 4.79 Å². The molecule has 3 N–H and O–H groups in total. The molecule has 0 radical (unpaired) electrons. The summed E-state index contributed by atoms with van der Waals surface area (Å²) in [7, 11) is 0. The zero-order valence-electron chi connectivity index (χ0n) is 10.2. The van der Waals surface area contributed by atoms with E-state index in [1.54, 1.807) is 18.2 Å². The van der Waals surface area contributed by atoms with E-state index in [1.165, 1.54) is 0 Å². The van der Waals surface area contributed by atoms with Gasteiger partial charge in [0.2, 0.25) is 5.91 Å². The first-order valence-electron chi connectivity index (χ1n) is 5.65. The SMILES string of the molecule is CCNC(=O)CN(CC)c1cc(Cl)ccc1N. The molecule has 0 aliphatic rings. The first kappa shape index (κ1) is 13.6. The van der Waals surface area contributed by atoms with Crippen molar-refractivity contribution in [2.24, 2.45) is 0 Å². The number of benzene rings is 1. The number of hydrogen-bond acceptors (Lipinski definition) is 3. The maximum atomic E-state index is 11.6. The number of nitrogens with two attached hydrogens (primary N) is 1. The van der Waals surface area contributed by atoms with Crippen LogP contribution < -0.4 is 16.0 Å². The molecule has 0 unspecified atom stereocenters. The van der Waals surface area contributed by atoms with Crippen LogP contribution in [0.2, 0.25) is 5.02 Å². The topological polar surface area (TPSA) is 58.4 Å². The van der Waals surface area contributed by atoms with E-state index in [-0.39, 0.29) is 12.5 Å². The van der Waals surface area contributed by atoms with Crippen LogP contribution in [0.3, 0.4) is 0 Å². The van der Waals surface area contributed by atoms with E-state index in [2.05, 4.69) is 5.32 Å². The molecule has 1 aromatic carbocycles. The van der Waals surface area contributed by atoms with Gasteiger partial charge in [-0.25, -0.2) is 0 Å². The summed E-state index contributed by atoms with van der Waals surface area (Å²) in [4.78, 5) is 13.5. The van der Waals surface area contributed by atoms with Gasteiger partial charge in [0, 0.05) is 18.1 Å². The van der Waals surface area contributed by atoms with Gasteiger partial charge < -0.3 is 16.0 Å². The smallest absolute Gasteiger partial charge is 0.239 e. The minimum absolute atomic E-state index is 0.0197. The molecule has 0 aliphatic heterocycles. The number of halogens is 1. The monoisotopic (exact) mass is 255 g/mol. The molecule has 0 bridgehead atoms. The fourth-order valence-corrected chi connectivity index (χ4v) is 1.75. The van der Waals surface area contributed by atoms with Crippen molar-refractivity contribution in [2.75, 3.05) is 30.3 Å². The molecule has 0 spiro atoms. The van der Waals surface area contributed by atoms with E-state index >= 15 is 0 Å². The van der Waals surface area contributed by atoms with E-state index in [0.717, 1.165) is 5.69 Å². The van der Waals surface area contributed by atoms with Crippen LogP contribution in [0.25, 0.3) is 0 Å². The lowest BCUT2D eigenvalue weighted by molar-refractivity contribution is -0.119. The van der Waals surface area contributed by atoms with E-state index < -0.39 is 0 Å². The third-order valence-corrected chi connectivity index (χ3v) is 2.66. The first-order chi connectivity index (χ1) is 8.08. The molecule has 1 rings (SSSR count). The minimum Gasteiger partial charge on any atom is -0.397 e. The van der Waals surface area contributed by atoms with Gasteiger partial charge in [-0.05, 0) is 32.0 Å². The highest BCUT2D eigenvalue weighted by molar-refractivity contribution is 6.31. The number of carbonyl (C=O) groups is 1. The van der Waals surface area contributed by atoms with Crippen LogP contribution in [0.5, 0.6) is 0 Å². The van der Waals surface area contributed by atoms with Crippen LogP contribution in [-0.4, -0.2) is 25.5 Å². The van der Waals surface area contributed by atoms with Crippen molar-refractivity contribution in [3.8, 4) is 0 Å². The molecule has 0 heterocycles. The molecule has 1 aromatic rings. The van der Waals surface area contributed by atoms with Crippen molar-refractivity contribution in [1.29, 1.82) is 0 Å². The predicted molar refractivity (Wildman–Crippen MR) is 72.4 cm³/mol. The number of nitrogen functional groups attached to an aromatic ring is 1. The number of nitrogens with one attached hydrogen (secondary N) is 1. The van der Waals surface area contributed by atoms with Crippen LogP contribution in [0.4, 0.5) is 11.4 Å². The summed E-state index contributed by atoms with van der Waals surface area (Å²) >= 11 is 5.93. The van der Waals surface area contributed by atoms with Gasteiger partial charge in [0.05, 0.1) is 17.9 Å². The summed E-state index contributed by atoms with van der Waals surface area (Å²) in [6.45, 7) is 5.47. The normalized spacial score (nSPS) is 10.1. The number of anilines is 2. The fraction of sp³-hybridized carbons (Fsp3) is 0.417. The Morgan fingerprint density at radius 2 is 2.18 bits per heavy atom. The Balaban J connectivity index is 2.85. The molecule has 0 saturated heterocycles. The second kappa shape index (κ2) is 6.35. The van der Waals surface area contributed by atoms with Crippen LogP contribution >= 0.6 is 11.6 Å². The predicted octanol–water partition coefficient (Wildman–Crippen LogP) is 1.88. The van der Waals surface area contributed by atoms with Crippen LogP contribution in [-0.2, 0) is 4.79 Å². The number of nitrogens with zero attached hydrogens (tertiary/aromatic N) is 1. The molecule has 17 heavy (non-hydrogen) atoms. The molecule has 0 saturated carbocycles. The Kier molecular flexibility index (Phi) is 5.10. The van der Waals surface area contributed by atoms with Gasteiger partial charge in [0.1, 0.15) is 0 Å². The highest BCUT2D eigenvalue weighted by Gasteiger charge is 2.12. The quantitative estimate of drug-likeness (QED) is 0.790. The molecular weight excluding hydrogens is 238 g/mol. The maximum Gasteiger partial charge on any atom is 0.239 e. The summed E-state index contributed by atoms with van der Waals surface area (Å²) in [6.07, 6.45) is 0. The third-order valence-electron chi connectivity index (χ3n) is 2.42. The van der Waals surface area contributed by atoms with Crippen molar-refractivity contribution in [3.05, 3.63) is 23.2 Å². The number of amides is 1. The zero-order valence-corrected chi connectivity index (χ0v) is 10.9. The highest BCUT2D eigenvalue weighted by Crippen LogP contribution is 2.26. The summed E-state index contributed by atoms with van der Waals surface area (Å²) in [5, 5.41) is 3.37. The minimum atomic E-state index is -0.0197. The fourth-order valence-electron chi connectivity index (χ4n) is 1.58. The molecule has 1 amide bonds. The summed E-state index contributed by atoms with van der Waals surface area (Å²) < 4.78 is 0. The number of carbonyl (C=O) groups excluding carboxylic acids is 1. The molecule has 4 nitrogen and oxygen atoms in total. The maximum absolute atomic E-state index is 11.6. The average Bonchev–Trinajstić information content (AvgIpc) is 2.30. The van der Waals surface area contributed by atoms with Crippen molar-refractivity contribution in [1.82, 2.24) is 5.32 Å². The van der Waals surface area contributed by atoms with Crippen molar-refractivity contribution in [3.63, 3.8) is 0 Å². The molecule has 0 aliphatic carbocycles. The highest BCUT2D eigenvalue weighted by atomic mass is 35.5. The molecule has 5 heteroatoms. The second-order valence-electron chi connectivity index (χ2n) is 3.67. The molecular formula is C12H18ClN3O. The Hall–Kier alpha value is -1.42. The van der Waals surface area contributed by atoms with Crippen LogP contribution in [0.1, 0.15) is 13.8 Å². The van der Waals surface area contributed by atoms with Gasteiger partial charge in [0.25, 0.3) is 0 Å².